The first-order valence-corrected chi connectivity index (χ1v) is 14.2. The van der Waals surface area contributed by atoms with Crippen LogP contribution >= 0.6 is 0 Å². The number of methoxy groups -OCH3 is 2. The normalized spacial score (nSPS) is 20.0. The number of pyridine rings is 1. The van der Waals surface area contributed by atoms with Crippen molar-refractivity contribution < 1.29 is 9.47 Å². The lowest BCUT2D eigenvalue weighted by molar-refractivity contribution is 0.187. The number of hydrogen-bond donors (Lipinski definition) is 1. The summed E-state index contributed by atoms with van der Waals surface area (Å²) in [7, 11) is 3.40. The lowest BCUT2D eigenvalue weighted by Gasteiger charge is -2.39. The summed E-state index contributed by atoms with van der Waals surface area (Å²) in [5, 5.41) is 3.88. The molecule has 2 aromatic heterocycles. The number of hydrogen-bond acceptors (Lipinski definition) is 6. The smallest absolute Gasteiger partial charge is 0.141 e. The number of rotatable bonds is 7. The second-order valence-corrected chi connectivity index (χ2v) is 10.9. The molecule has 1 aromatic carbocycles. The van der Waals surface area contributed by atoms with Gasteiger partial charge in [-0.2, -0.15) is 0 Å². The highest BCUT2D eigenvalue weighted by Gasteiger charge is 2.27. The van der Waals surface area contributed by atoms with E-state index in [2.05, 4.69) is 43.9 Å². The molecule has 37 heavy (non-hydrogen) atoms. The number of ether oxygens (including phenoxy) is 2. The van der Waals surface area contributed by atoms with Crippen molar-refractivity contribution >= 4 is 17.2 Å². The molecule has 1 aliphatic heterocycles. The molecule has 0 atom stereocenters. The van der Waals surface area contributed by atoms with E-state index < -0.39 is 0 Å². The van der Waals surface area contributed by atoms with Gasteiger partial charge in [-0.05, 0) is 43.9 Å². The van der Waals surface area contributed by atoms with Crippen LogP contribution in [0.1, 0.15) is 57.8 Å². The summed E-state index contributed by atoms with van der Waals surface area (Å²) in [6.45, 7) is 4.49. The molecule has 3 fully saturated rings. The maximum absolute atomic E-state index is 5.78. The molecule has 0 unspecified atom stereocenters. The summed E-state index contributed by atoms with van der Waals surface area (Å²) in [5.74, 6) is 2.62. The topological polar surface area (TPSA) is 54.3 Å². The van der Waals surface area contributed by atoms with E-state index in [4.69, 9.17) is 14.5 Å². The Balaban J connectivity index is 1.32. The fourth-order valence-electron chi connectivity index (χ4n) is 6.61. The third kappa shape index (κ3) is 4.98. The van der Waals surface area contributed by atoms with Gasteiger partial charge in [-0.15, -0.1) is 0 Å². The van der Waals surface area contributed by atoms with Crippen LogP contribution in [0.25, 0.3) is 16.9 Å². The zero-order valence-corrected chi connectivity index (χ0v) is 22.4. The second-order valence-electron chi connectivity index (χ2n) is 10.9. The van der Waals surface area contributed by atoms with Crippen molar-refractivity contribution in [3.8, 4) is 22.8 Å². The van der Waals surface area contributed by atoms with Gasteiger partial charge in [0.1, 0.15) is 28.7 Å². The molecule has 0 spiro atoms. The van der Waals surface area contributed by atoms with E-state index in [1.165, 1.54) is 63.5 Å². The van der Waals surface area contributed by atoms with Crippen molar-refractivity contribution in [3.05, 3.63) is 36.5 Å². The third-order valence-electron chi connectivity index (χ3n) is 8.74. The number of imidazole rings is 1. The molecule has 7 nitrogen and oxygen atoms in total. The van der Waals surface area contributed by atoms with Crippen LogP contribution in [0.3, 0.4) is 0 Å². The zero-order valence-electron chi connectivity index (χ0n) is 22.4. The summed E-state index contributed by atoms with van der Waals surface area (Å²) < 4.78 is 13.5. The predicted molar refractivity (Wildman–Crippen MR) is 150 cm³/mol. The second kappa shape index (κ2) is 10.8. The molecular formula is C30H41N5O2. The fraction of sp³-hybridized carbons (Fsp3) is 0.567. The summed E-state index contributed by atoms with van der Waals surface area (Å²) in [6.07, 6.45) is 14.1. The van der Waals surface area contributed by atoms with Crippen molar-refractivity contribution in [3.63, 3.8) is 0 Å². The van der Waals surface area contributed by atoms with Crippen molar-refractivity contribution in [1.82, 2.24) is 14.3 Å². The van der Waals surface area contributed by atoms with E-state index in [0.717, 1.165) is 66.4 Å². The average molecular weight is 504 g/mol. The molecule has 3 heterocycles. The van der Waals surface area contributed by atoms with Crippen molar-refractivity contribution in [2.24, 2.45) is 0 Å². The molecule has 7 heteroatoms. The van der Waals surface area contributed by atoms with Gasteiger partial charge in [0.25, 0.3) is 0 Å². The van der Waals surface area contributed by atoms with Crippen LogP contribution < -0.4 is 19.7 Å². The van der Waals surface area contributed by atoms with E-state index in [-0.39, 0.29) is 0 Å². The molecule has 198 valence electrons. The van der Waals surface area contributed by atoms with Gasteiger partial charge < -0.3 is 19.7 Å². The maximum Gasteiger partial charge on any atom is 0.141 e. The maximum atomic E-state index is 5.78. The van der Waals surface area contributed by atoms with E-state index in [9.17, 15) is 0 Å². The largest absolute Gasteiger partial charge is 0.497 e. The van der Waals surface area contributed by atoms with Crippen LogP contribution in [-0.4, -0.2) is 66.8 Å². The Bertz CT molecular complexity index is 1200. The molecule has 3 aromatic rings. The quantitative estimate of drug-likeness (QED) is 0.438. The number of piperazine rings is 1. The highest BCUT2D eigenvalue weighted by molar-refractivity contribution is 5.81. The van der Waals surface area contributed by atoms with Gasteiger partial charge in [-0.25, -0.2) is 4.98 Å². The molecule has 1 N–H and O–H groups in total. The molecule has 1 saturated heterocycles. The summed E-state index contributed by atoms with van der Waals surface area (Å²) >= 11 is 0. The fourth-order valence-corrected chi connectivity index (χ4v) is 6.61. The minimum Gasteiger partial charge on any atom is -0.497 e. The SMILES string of the molecule is COc1ccc(-c2nc3cc(N4CCN(C5CCCC5)CC4)ccn3c2NC2CCCCC2)c(OC)c1. The molecule has 6 rings (SSSR count). The molecule has 0 amide bonds. The van der Waals surface area contributed by atoms with Crippen molar-refractivity contribution in [2.45, 2.75) is 69.9 Å². The Hall–Kier alpha value is -2.93. The third-order valence-corrected chi connectivity index (χ3v) is 8.74. The first-order chi connectivity index (χ1) is 18.2. The molecule has 2 aliphatic carbocycles. The van der Waals surface area contributed by atoms with E-state index in [0.29, 0.717) is 6.04 Å². The number of fused-ring (bicyclic) bond motifs is 1. The molecular weight excluding hydrogens is 462 g/mol. The first kappa shape index (κ1) is 24.4. The zero-order chi connectivity index (χ0) is 25.2. The van der Waals surface area contributed by atoms with E-state index in [1.807, 2.05) is 12.1 Å². The molecule has 3 aliphatic rings. The van der Waals surface area contributed by atoms with Gasteiger partial charge in [-0.1, -0.05) is 32.1 Å². The van der Waals surface area contributed by atoms with Crippen molar-refractivity contribution in [1.29, 1.82) is 0 Å². The van der Waals surface area contributed by atoms with Gasteiger partial charge in [0.05, 0.1) is 14.2 Å². The lowest BCUT2D eigenvalue weighted by atomic mass is 9.95. The Kier molecular flexibility index (Phi) is 7.14. The van der Waals surface area contributed by atoms with Gasteiger partial charge in [0, 0.05) is 67.8 Å². The molecule has 0 bridgehead atoms. The number of aromatic nitrogens is 2. The number of nitrogens with one attached hydrogen (secondary N) is 1. The summed E-state index contributed by atoms with van der Waals surface area (Å²) in [6, 6.07) is 11.8. The minimum absolute atomic E-state index is 0.472. The van der Waals surface area contributed by atoms with Crippen molar-refractivity contribution in [2.75, 3.05) is 50.6 Å². The van der Waals surface area contributed by atoms with Crippen LogP contribution in [0.2, 0.25) is 0 Å². The highest BCUT2D eigenvalue weighted by atomic mass is 16.5. The lowest BCUT2D eigenvalue weighted by Crippen LogP contribution is -2.49. The monoisotopic (exact) mass is 503 g/mol. The van der Waals surface area contributed by atoms with E-state index in [1.54, 1.807) is 14.2 Å². The number of anilines is 2. The Morgan fingerprint density at radius 3 is 2.32 bits per heavy atom. The minimum atomic E-state index is 0.472. The Morgan fingerprint density at radius 1 is 0.838 bits per heavy atom. The summed E-state index contributed by atoms with van der Waals surface area (Å²) in [4.78, 5) is 10.4. The van der Waals surface area contributed by atoms with Crippen LogP contribution in [0.4, 0.5) is 11.5 Å². The number of nitrogens with zero attached hydrogens (tertiary/aromatic N) is 4. The predicted octanol–water partition coefficient (Wildman–Crippen LogP) is 5.83. The molecule has 0 radical (unpaired) electrons. The van der Waals surface area contributed by atoms with Gasteiger partial charge in [0.15, 0.2) is 0 Å². The van der Waals surface area contributed by atoms with Crippen LogP contribution in [0.15, 0.2) is 36.5 Å². The summed E-state index contributed by atoms with van der Waals surface area (Å²) in [5.41, 5.74) is 4.16. The van der Waals surface area contributed by atoms with Gasteiger partial charge in [0.2, 0.25) is 0 Å². The van der Waals surface area contributed by atoms with Crippen LogP contribution in [-0.2, 0) is 0 Å². The van der Waals surface area contributed by atoms with Gasteiger partial charge >= 0.3 is 0 Å². The Morgan fingerprint density at radius 2 is 1.59 bits per heavy atom. The average Bonchev–Trinajstić information content (AvgIpc) is 3.62. The number of benzene rings is 1. The van der Waals surface area contributed by atoms with Gasteiger partial charge in [-0.3, -0.25) is 9.30 Å². The Labute approximate surface area is 220 Å². The van der Waals surface area contributed by atoms with Crippen LogP contribution in [0.5, 0.6) is 11.5 Å². The van der Waals surface area contributed by atoms with Crippen LogP contribution in [0, 0.1) is 0 Å². The standard InChI is InChI=1S/C30H41N5O2/c1-36-25-12-13-26(27(21-25)37-2)29-30(31-22-8-4-3-5-9-22)35-15-14-24(20-28(35)32-29)34-18-16-33(17-19-34)23-10-6-7-11-23/h12-15,20-23,31H,3-11,16-19H2,1-2H3. The molecule has 2 saturated carbocycles. The first-order valence-electron chi connectivity index (χ1n) is 14.2. The highest BCUT2D eigenvalue weighted by Crippen LogP contribution is 2.39. The van der Waals surface area contributed by atoms with E-state index >= 15 is 0 Å².